The Labute approximate surface area is 132 Å². The van der Waals surface area contributed by atoms with Gasteiger partial charge in [-0.3, -0.25) is 4.90 Å². The van der Waals surface area contributed by atoms with Crippen molar-refractivity contribution in [3.63, 3.8) is 0 Å². The van der Waals surface area contributed by atoms with E-state index in [9.17, 15) is 4.79 Å². The summed E-state index contributed by atoms with van der Waals surface area (Å²) in [6.45, 7) is 4.21. The molecule has 3 atom stereocenters. The van der Waals surface area contributed by atoms with Crippen LogP contribution < -0.4 is 0 Å². The van der Waals surface area contributed by atoms with E-state index in [0.29, 0.717) is 5.88 Å². The molecule has 0 aliphatic carbocycles. The van der Waals surface area contributed by atoms with Gasteiger partial charge in [0.05, 0.1) is 12.1 Å². The van der Waals surface area contributed by atoms with Gasteiger partial charge in [-0.05, 0) is 31.7 Å². The SMILES string of the molecule is CCCC[C@@H]1OC(=O)N([C@H](C)c2ccccc2)[C@@H]1CCCl. The first kappa shape index (κ1) is 16.2. The number of ether oxygens (including phenoxy) is 1. The zero-order chi connectivity index (χ0) is 15.2. The van der Waals surface area contributed by atoms with Gasteiger partial charge in [-0.25, -0.2) is 4.79 Å². The molecule has 3 nitrogen and oxygen atoms in total. The van der Waals surface area contributed by atoms with E-state index in [0.717, 1.165) is 31.2 Å². The number of nitrogens with zero attached hydrogens (tertiary/aromatic N) is 1. The number of carbonyl (C=O) groups excluding carboxylic acids is 1. The Hall–Kier alpha value is -1.22. The fourth-order valence-electron chi connectivity index (χ4n) is 3.01. The van der Waals surface area contributed by atoms with Crippen LogP contribution >= 0.6 is 11.6 Å². The summed E-state index contributed by atoms with van der Waals surface area (Å²) >= 11 is 5.95. The first-order valence-corrected chi connectivity index (χ1v) is 8.32. The van der Waals surface area contributed by atoms with Gasteiger partial charge in [0.2, 0.25) is 0 Å². The number of benzene rings is 1. The molecule has 116 valence electrons. The summed E-state index contributed by atoms with van der Waals surface area (Å²) in [5.41, 5.74) is 1.13. The van der Waals surface area contributed by atoms with Crippen LogP contribution in [-0.2, 0) is 4.74 Å². The van der Waals surface area contributed by atoms with Crippen molar-refractivity contribution in [2.45, 2.75) is 57.7 Å². The molecule has 1 aromatic carbocycles. The fourth-order valence-corrected chi connectivity index (χ4v) is 3.24. The van der Waals surface area contributed by atoms with Crippen molar-refractivity contribution in [1.82, 2.24) is 4.90 Å². The number of hydrogen-bond acceptors (Lipinski definition) is 2. The quantitative estimate of drug-likeness (QED) is 0.680. The third-order valence-corrected chi connectivity index (χ3v) is 4.41. The molecule has 1 aliphatic heterocycles. The van der Waals surface area contributed by atoms with Crippen LogP contribution in [0.25, 0.3) is 0 Å². The summed E-state index contributed by atoms with van der Waals surface area (Å²) in [6, 6.07) is 10.2. The summed E-state index contributed by atoms with van der Waals surface area (Å²) in [7, 11) is 0. The molecule has 0 spiro atoms. The molecule has 1 aromatic rings. The summed E-state index contributed by atoms with van der Waals surface area (Å²) in [6.07, 6.45) is 3.64. The van der Waals surface area contributed by atoms with Crippen molar-refractivity contribution in [2.24, 2.45) is 0 Å². The number of halogens is 1. The minimum Gasteiger partial charge on any atom is -0.444 e. The third-order valence-electron chi connectivity index (χ3n) is 4.20. The highest BCUT2D eigenvalue weighted by molar-refractivity contribution is 6.17. The largest absolute Gasteiger partial charge is 0.444 e. The summed E-state index contributed by atoms with van der Waals surface area (Å²) in [5, 5.41) is 0. The lowest BCUT2D eigenvalue weighted by Crippen LogP contribution is -2.38. The van der Waals surface area contributed by atoms with E-state index in [1.54, 1.807) is 0 Å². The van der Waals surface area contributed by atoms with E-state index in [1.807, 2.05) is 23.1 Å². The van der Waals surface area contributed by atoms with Crippen molar-refractivity contribution >= 4 is 17.7 Å². The zero-order valence-corrected chi connectivity index (χ0v) is 13.6. The molecule has 0 radical (unpaired) electrons. The highest BCUT2D eigenvalue weighted by Crippen LogP contribution is 2.33. The van der Waals surface area contributed by atoms with Gasteiger partial charge >= 0.3 is 6.09 Å². The maximum atomic E-state index is 12.3. The summed E-state index contributed by atoms with van der Waals surface area (Å²) < 4.78 is 5.61. The highest BCUT2D eigenvalue weighted by atomic mass is 35.5. The first-order valence-electron chi connectivity index (χ1n) is 7.78. The molecule has 1 heterocycles. The minimum atomic E-state index is -0.206. The second-order valence-electron chi connectivity index (χ2n) is 5.60. The molecule has 0 saturated carbocycles. The average molecular weight is 310 g/mol. The van der Waals surface area contributed by atoms with E-state index < -0.39 is 0 Å². The second-order valence-corrected chi connectivity index (χ2v) is 5.98. The van der Waals surface area contributed by atoms with Crippen molar-refractivity contribution in [3.05, 3.63) is 35.9 Å². The number of unbranched alkanes of at least 4 members (excludes halogenated alkanes) is 1. The van der Waals surface area contributed by atoms with E-state index in [-0.39, 0.29) is 24.3 Å². The lowest BCUT2D eigenvalue weighted by atomic mass is 9.99. The fraction of sp³-hybridized carbons (Fsp3) is 0.588. The van der Waals surface area contributed by atoms with Gasteiger partial charge in [-0.1, -0.05) is 43.7 Å². The van der Waals surface area contributed by atoms with Crippen molar-refractivity contribution < 1.29 is 9.53 Å². The molecular formula is C17H24ClNO2. The Morgan fingerprint density at radius 1 is 1.29 bits per heavy atom. The van der Waals surface area contributed by atoms with Crippen molar-refractivity contribution in [2.75, 3.05) is 5.88 Å². The highest BCUT2D eigenvalue weighted by Gasteiger charge is 2.43. The molecule has 2 rings (SSSR count). The Balaban J connectivity index is 2.17. The summed E-state index contributed by atoms with van der Waals surface area (Å²) in [5.74, 6) is 0.544. The molecule has 1 fully saturated rings. The van der Waals surface area contributed by atoms with Crippen LogP contribution in [-0.4, -0.2) is 29.0 Å². The van der Waals surface area contributed by atoms with Gasteiger partial charge in [0.15, 0.2) is 0 Å². The zero-order valence-electron chi connectivity index (χ0n) is 12.8. The van der Waals surface area contributed by atoms with Gasteiger partial charge in [0.1, 0.15) is 6.10 Å². The Bertz CT molecular complexity index is 451. The molecule has 1 amide bonds. The lowest BCUT2D eigenvalue weighted by molar-refractivity contribution is 0.122. The maximum absolute atomic E-state index is 12.3. The van der Waals surface area contributed by atoms with Crippen LogP contribution in [0.4, 0.5) is 4.79 Å². The predicted octanol–water partition coefficient (Wildman–Crippen LogP) is 4.76. The molecule has 0 aromatic heterocycles. The Morgan fingerprint density at radius 3 is 2.62 bits per heavy atom. The van der Waals surface area contributed by atoms with E-state index in [4.69, 9.17) is 16.3 Å². The van der Waals surface area contributed by atoms with E-state index >= 15 is 0 Å². The second kappa shape index (κ2) is 7.69. The number of cyclic esters (lactones) is 1. The molecule has 0 N–H and O–H groups in total. The smallest absolute Gasteiger partial charge is 0.411 e. The van der Waals surface area contributed by atoms with Crippen LogP contribution in [0.2, 0.25) is 0 Å². The number of hydrogen-bond donors (Lipinski definition) is 0. The van der Waals surface area contributed by atoms with E-state index in [2.05, 4.69) is 26.0 Å². The normalized spacial score (nSPS) is 23.2. The topological polar surface area (TPSA) is 29.5 Å². The monoisotopic (exact) mass is 309 g/mol. The minimum absolute atomic E-state index is 0.0125. The molecule has 21 heavy (non-hydrogen) atoms. The summed E-state index contributed by atoms with van der Waals surface area (Å²) in [4.78, 5) is 14.2. The van der Waals surface area contributed by atoms with Gasteiger partial charge in [-0.2, -0.15) is 0 Å². The standard InChI is InChI=1S/C17H24ClNO2/c1-3-4-10-16-15(11-12-18)19(17(20)21-16)13(2)14-8-6-5-7-9-14/h5-9,13,15-16H,3-4,10-12H2,1-2H3/t13-,15-,16+/m1/s1. The molecule has 0 unspecified atom stereocenters. The predicted molar refractivity (Wildman–Crippen MR) is 85.6 cm³/mol. The number of amides is 1. The van der Waals surface area contributed by atoms with Crippen LogP contribution in [0.5, 0.6) is 0 Å². The van der Waals surface area contributed by atoms with Crippen LogP contribution in [0, 0.1) is 0 Å². The molecule has 1 aliphatic rings. The molecular weight excluding hydrogens is 286 g/mol. The van der Waals surface area contributed by atoms with Crippen LogP contribution in [0.1, 0.15) is 51.1 Å². The maximum Gasteiger partial charge on any atom is 0.411 e. The van der Waals surface area contributed by atoms with Crippen LogP contribution in [0.15, 0.2) is 30.3 Å². The first-order chi connectivity index (χ1) is 10.2. The van der Waals surface area contributed by atoms with Gasteiger partial charge in [-0.15, -0.1) is 11.6 Å². The van der Waals surface area contributed by atoms with Gasteiger partial charge < -0.3 is 4.74 Å². The average Bonchev–Trinajstić information content (AvgIpc) is 2.81. The van der Waals surface area contributed by atoms with Gasteiger partial charge in [0, 0.05) is 5.88 Å². The Kier molecular flexibility index (Phi) is 5.92. The Morgan fingerprint density at radius 2 is 2.00 bits per heavy atom. The number of carbonyl (C=O) groups is 1. The molecule has 0 bridgehead atoms. The van der Waals surface area contributed by atoms with Gasteiger partial charge in [0.25, 0.3) is 0 Å². The molecule has 1 saturated heterocycles. The number of alkyl halides is 1. The number of rotatable bonds is 7. The lowest BCUT2D eigenvalue weighted by Gasteiger charge is -2.29. The molecule has 4 heteroatoms. The third kappa shape index (κ3) is 3.70. The van der Waals surface area contributed by atoms with Crippen LogP contribution in [0.3, 0.4) is 0 Å². The van der Waals surface area contributed by atoms with Crippen molar-refractivity contribution in [3.8, 4) is 0 Å². The van der Waals surface area contributed by atoms with Crippen molar-refractivity contribution in [1.29, 1.82) is 0 Å². The van der Waals surface area contributed by atoms with E-state index in [1.165, 1.54) is 0 Å².